The van der Waals surface area contributed by atoms with Crippen molar-refractivity contribution in [3.8, 4) is 0 Å². The number of likely N-dealkylation sites (N-methyl/N-ethyl adjacent to an activating group) is 1. The zero-order valence-electron chi connectivity index (χ0n) is 14.1. The molecule has 2 heterocycles. The van der Waals surface area contributed by atoms with Gasteiger partial charge in [-0.05, 0) is 56.6 Å². The standard InChI is InChI=1S/C17H25FN4OS/c1-21-7-9-22(10-8-21)24-16-11-13(4-5-15(16)18)17(23)20-12-14-3-2-6-19-14/h4-5,11,14,19H,2-3,6-10,12H2,1H3,(H,20,23). The first-order chi connectivity index (χ1) is 11.6. The van der Waals surface area contributed by atoms with Gasteiger partial charge < -0.3 is 15.5 Å². The van der Waals surface area contributed by atoms with E-state index in [1.54, 1.807) is 12.1 Å². The first kappa shape index (κ1) is 17.7. The van der Waals surface area contributed by atoms with Crippen molar-refractivity contribution < 1.29 is 9.18 Å². The average molecular weight is 352 g/mol. The van der Waals surface area contributed by atoms with Gasteiger partial charge in [0, 0.05) is 44.3 Å². The highest BCUT2D eigenvalue weighted by molar-refractivity contribution is 7.97. The molecule has 2 aliphatic rings. The van der Waals surface area contributed by atoms with E-state index in [-0.39, 0.29) is 11.7 Å². The van der Waals surface area contributed by atoms with Crippen molar-refractivity contribution in [1.29, 1.82) is 0 Å². The van der Waals surface area contributed by atoms with Crippen LogP contribution in [0.3, 0.4) is 0 Å². The van der Waals surface area contributed by atoms with E-state index in [1.807, 2.05) is 0 Å². The summed E-state index contributed by atoms with van der Waals surface area (Å²) in [5, 5.41) is 6.30. The van der Waals surface area contributed by atoms with Gasteiger partial charge in [-0.1, -0.05) is 0 Å². The molecule has 2 fully saturated rings. The van der Waals surface area contributed by atoms with Gasteiger partial charge in [-0.15, -0.1) is 0 Å². The second-order valence-corrected chi connectivity index (χ2v) is 7.61. The molecule has 0 bridgehead atoms. The third kappa shape index (κ3) is 4.69. The molecule has 0 radical (unpaired) electrons. The Bertz CT molecular complexity index is 572. The largest absolute Gasteiger partial charge is 0.350 e. The normalized spacial score (nSPS) is 22.7. The van der Waals surface area contributed by atoms with Crippen LogP contribution in [-0.2, 0) is 0 Å². The van der Waals surface area contributed by atoms with Crippen LogP contribution in [0.1, 0.15) is 23.2 Å². The van der Waals surface area contributed by atoms with Gasteiger partial charge in [-0.3, -0.25) is 4.79 Å². The number of piperazine rings is 1. The van der Waals surface area contributed by atoms with E-state index in [9.17, 15) is 9.18 Å². The smallest absolute Gasteiger partial charge is 0.251 e. The highest BCUT2D eigenvalue weighted by atomic mass is 32.2. The molecule has 1 atom stereocenters. The Morgan fingerprint density at radius 2 is 2.17 bits per heavy atom. The summed E-state index contributed by atoms with van der Waals surface area (Å²) in [6.45, 7) is 5.38. The van der Waals surface area contributed by atoms with E-state index in [2.05, 4.69) is 26.9 Å². The minimum absolute atomic E-state index is 0.135. The Kier molecular flexibility index (Phi) is 6.10. The molecule has 1 aromatic rings. The SMILES string of the molecule is CN1CCN(Sc2cc(C(=O)NCC3CCCN3)ccc2F)CC1. The summed E-state index contributed by atoms with van der Waals surface area (Å²) in [7, 11) is 2.09. The molecule has 7 heteroatoms. The zero-order valence-corrected chi connectivity index (χ0v) is 14.9. The predicted molar refractivity (Wildman–Crippen MR) is 94.7 cm³/mol. The van der Waals surface area contributed by atoms with Crippen LogP contribution < -0.4 is 10.6 Å². The molecular weight excluding hydrogens is 327 g/mol. The number of rotatable bonds is 5. The van der Waals surface area contributed by atoms with Crippen LogP contribution in [0.25, 0.3) is 0 Å². The summed E-state index contributed by atoms with van der Waals surface area (Å²) in [5.41, 5.74) is 0.519. The number of hydrogen-bond acceptors (Lipinski definition) is 5. The summed E-state index contributed by atoms with van der Waals surface area (Å²) < 4.78 is 16.3. The molecule has 0 aliphatic carbocycles. The molecule has 1 unspecified atom stereocenters. The first-order valence-electron chi connectivity index (χ1n) is 8.54. The fourth-order valence-electron chi connectivity index (χ4n) is 2.98. The molecule has 1 amide bonds. The fraction of sp³-hybridized carbons (Fsp3) is 0.588. The molecule has 2 aliphatic heterocycles. The lowest BCUT2D eigenvalue weighted by molar-refractivity contribution is 0.0950. The van der Waals surface area contributed by atoms with E-state index in [1.165, 1.54) is 18.0 Å². The minimum atomic E-state index is -0.270. The van der Waals surface area contributed by atoms with Crippen LogP contribution in [0.15, 0.2) is 23.1 Å². The third-order valence-corrected chi connectivity index (χ3v) is 5.69. The maximum absolute atomic E-state index is 14.1. The Morgan fingerprint density at radius 3 is 2.88 bits per heavy atom. The molecule has 0 spiro atoms. The molecule has 1 aromatic carbocycles. The Morgan fingerprint density at radius 1 is 1.38 bits per heavy atom. The molecule has 2 saturated heterocycles. The molecule has 5 nitrogen and oxygen atoms in total. The molecule has 0 saturated carbocycles. The fourth-order valence-corrected chi connectivity index (χ4v) is 3.94. The molecule has 24 heavy (non-hydrogen) atoms. The molecule has 3 rings (SSSR count). The monoisotopic (exact) mass is 352 g/mol. The predicted octanol–water partition coefficient (Wildman–Crippen LogP) is 1.56. The second kappa shape index (κ2) is 8.29. The lowest BCUT2D eigenvalue weighted by Gasteiger charge is -2.31. The van der Waals surface area contributed by atoms with Crippen molar-refractivity contribution in [3.63, 3.8) is 0 Å². The number of carbonyl (C=O) groups is 1. The lowest BCUT2D eigenvalue weighted by atomic mass is 10.2. The van der Waals surface area contributed by atoms with Gasteiger partial charge in [-0.25, -0.2) is 8.70 Å². The lowest BCUT2D eigenvalue weighted by Crippen LogP contribution is -2.41. The number of nitrogens with one attached hydrogen (secondary N) is 2. The maximum atomic E-state index is 14.1. The average Bonchev–Trinajstić information content (AvgIpc) is 3.10. The number of amides is 1. The summed E-state index contributed by atoms with van der Waals surface area (Å²) >= 11 is 1.41. The van der Waals surface area contributed by atoms with Crippen molar-refractivity contribution in [2.24, 2.45) is 0 Å². The molecule has 132 valence electrons. The Balaban J connectivity index is 1.59. The van der Waals surface area contributed by atoms with Crippen LogP contribution in [0.4, 0.5) is 4.39 Å². The summed E-state index contributed by atoms with van der Waals surface area (Å²) in [4.78, 5) is 15.1. The highest BCUT2D eigenvalue weighted by Crippen LogP contribution is 2.27. The van der Waals surface area contributed by atoms with Gasteiger partial charge in [0.1, 0.15) is 5.82 Å². The number of benzene rings is 1. The number of hydrogen-bond donors (Lipinski definition) is 2. The third-order valence-electron chi connectivity index (χ3n) is 4.55. The van der Waals surface area contributed by atoms with Crippen molar-refractivity contribution in [1.82, 2.24) is 19.8 Å². The van der Waals surface area contributed by atoms with E-state index in [4.69, 9.17) is 0 Å². The van der Waals surface area contributed by atoms with E-state index < -0.39 is 0 Å². The van der Waals surface area contributed by atoms with Crippen molar-refractivity contribution in [2.45, 2.75) is 23.8 Å². The summed E-state index contributed by atoms with van der Waals surface area (Å²) in [6, 6.07) is 4.96. The van der Waals surface area contributed by atoms with Crippen molar-refractivity contribution in [3.05, 3.63) is 29.6 Å². The van der Waals surface area contributed by atoms with Gasteiger partial charge in [0.2, 0.25) is 0 Å². The Hall–Kier alpha value is -1.15. The molecular formula is C17H25FN4OS. The maximum Gasteiger partial charge on any atom is 0.251 e. The van der Waals surface area contributed by atoms with Crippen LogP contribution in [0.5, 0.6) is 0 Å². The number of halogens is 1. The van der Waals surface area contributed by atoms with Crippen molar-refractivity contribution in [2.75, 3.05) is 46.3 Å². The highest BCUT2D eigenvalue weighted by Gasteiger charge is 2.19. The van der Waals surface area contributed by atoms with Crippen LogP contribution in [0, 0.1) is 5.82 Å². The summed E-state index contributed by atoms with van der Waals surface area (Å²) in [5.74, 6) is -0.406. The number of nitrogens with zero attached hydrogens (tertiary/aromatic N) is 2. The van der Waals surface area contributed by atoms with E-state index in [0.29, 0.717) is 23.0 Å². The molecule has 2 N–H and O–H groups in total. The van der Waals surface area contributed by atoms with Crippen LogP contribution in [0.2, 0.25) is 0 Å². The van der Waals surface area contributed by atoms with Gasteiger partial charge in [0.05, 0.1) is 4.90 Å². The van der Waals surface area contributed by atoms with E-state index in [0.717, 1.165) is 45.6 Å². The Labute approximate surface area is 147 Å². The van der Waals surface area contributed by atoms with Crippen LogP contribution in [-0.4, -0.2) is 67.5 Å². The van der Waals surface area contributed by atoms with Gasteiger partial charge in [0.25, 0.3) is 5.91 Å². The van der Waals surface area contributed by atoms with Crippen molar-refractivity contribution >= 4 is 17.9 Å². The molecule has 0 aromatic heterocycles. The number of carbonyl (C=O) groups excluding carboxylic acids is 1. The minimum Gasteiger partial charge on any atom is -0.350 e. The zero-order chi connectivity index (χ0) is 16.9. The van der Waals surface area contributed by atoms with Gasteiger partial charge in [-0.2, -0.15) is 0 Å². The van der Waals surface area contributed by atoms with E-state index >= 15 is 0 Å². The topological polar surface area (TPSA) is 47.6 Å². The van der Waals surface area contributed by atoms with Gasteiger partial charge in [0.15, 0.2) is 0 Å². The summed E-state index contributed by atoms with van der Waals surface area (Å²) in [6.07, 6.45) is 2.25. The van der Waals surface area contributed by atoms with Gasteiger partial charge >= 0.3 is 0 Å². The quantitative estimate of drug-likeness (QED) is 0.788. The first-order valence-corrected chi connectivity index (χ1v) is 9.32. The van der Waals surface area contributed by atoms with Crippen LogP contribution >= 0.6 is 11.9 Å². The second-order valence-electron chi connectivity index (χ2n) is 6.47.